The van der Waals surface area contributed by atoms with Crippen molar-refractivity contribution in [2.24, 2.45) is 0 Å². The van der Waals surface area contributed by atoms with E-state index in [4.69, 9.17) is 5.11 Å². The molecule has 0 spiro atoms. The third-order valence-corrected chi connectivity index (χ3v) is 2.53. The molecule has 0 fully saturated rings. The highest BCUT2D eigenvalue weighted by molar-refractivity contribution is 5.83. The molecule has 3 N–H and O–H groups in total. The minimum absolute atomic E-state index is 0.127. The van der Waals surface area contributed by atoms with E-state index in [-0.39, 0.29) is 30.4 Å². The zero-order valence-corrected chi connectivity index (χ0v) is 10.4. The van der Waals surface area contributed by atoms with Crippen LogP contribution in [0.3, 0.4) is 0 Å². The van der Waals surface area contributed by atoms with Crippen molar-refractivity contribution in [3.8, 4) is 5.75 Å². The summed E-state index contributed by atoms with van der Waals surface area (Å²) in [6.07, 6.45) is 1.11. The number of phenolic OH excluding ortho intramolecular Hbond substituents is 1. The molecule has 98 valence electrons. The number of benzene rings is 1. The van der Waals surface area contributed by atoms with Crippen LogP contribution in [0.5, 0.6) is 5.75 Å². The van der Waals surface area contributed by atoms with Crippen LogP contribution >= 0.6 is 0 Å². The number of phenols is 1. The van der Waals surface area contributed by atoms with Crippen molar-refractivity contribution >= 4 is 11.8 Å². The summed E-state index contributed by atoms with van der Waals surface area (Å²) in [4.78, 5) is 22.3. The standard InChI is InChI=1S/C13H18N2O3/c1-14-12(17)6-7-13(18)15-9-8-10-2-4-11(16)5-3-10/h2-5,16H,6-9H2,1H3,(H,14,17)(H,15,18). The van der Waals surface area contributed by atoms with Gasteiger partial charge >= 0.3 is 0 Å². The van der Waals surface area contributed by atoms with Crippen LogP contribution in [0.1, 0.15) is 18.4 Å². The topological polar surface area (TPSA) is 78.4 Å². The molecule has 0 saturated carbocycles. The van der Waals surface area contributed by atoms with Crippen LogP contribution in [-0.2, 0) is 16.0 Å². The van der Waals surface area contributed by atoms with Gasteiger partial charge in [0, 0.05) is 26.4 Å². The Hall–Kier alpha value is -2.04. The molecule has 1 rings (SSSR count). The lowest BCUT2D eigenvalue weighted by Gasteiger charge is -2.05. The third-order valence-electron chi connectivity index (χ3n) is 2.53. The van der Waals surface area contributed by atoms with Gasteiger partial charge < -0.3 is 15.7 Å². The van der Waals surface area contributed by atoms with Crippen LogP contribution in [0, 0.1) is 0 Å². The Morgan fingerprint density at radius 1 is 1.11 bits per heavy atom. The van der Waals surface area contributed by atoms with Crippen molar-refractivity contribution in [3.05, 3.63) is 29.8 Å². The van der Waals surface area contributed by atoms with Crippen molar-refractivity contribution in [3.63, 3.8) is 0 Å². The molecule has 0 aliphatic carbocycles. The van der Waals surface area contributed by atoms with E-state index < -0.39 is 0 Å². The van der Waals surface area contributed by atoms with Gasteiger partial charge in [-0.05, 0) is 24.1 Å². The van der Waals surface area contributed by atoms with Gasteiger partial charge in [-0.15, -0.1) is 0 Å². The first kappa shape index (κ1) is 14.0. The van der Waals surface area contributed by atoms with Crippen LogP contribution in [0.15, 0.2) is 24.3 Å². The molecule has 1 aromatic carbocycles. The molecule has 0 aliphatic rings. The molecule has 0 aromatic heterocycles. The number of carbonyl (C=O) groups excluding carboxylic acids is 2. The van der Waals surface area contributed by atoms with Crippen LogP contribution < -0.4 is 10.6 Å². The van der Waals surface area contributed by atoms with Crippen LogP contribution in [0.4, 0.5) is 0 Å². The zero-order chi connectivity index (χ0) is 13.4. The summed E-state index contributed by atoms with van der Waals surface area (Å²) in [5.74, 6) is -0.0329. The first-order valence-electron chi connectivity index (χ1n) is 5.87. The average Bonchev–Trinajstić information content (AvgIpc) is 2.38. The summed E-state index contributed by atoms with van der Waals surface area (Å²) < 4.78 is 0. The first-order chi connectivity index (χ1) is 8.61. The molecule has 18 heavy (non-hydrogen) atoms. The Morgan fingerprint density at radius 2 is 1.72 bits per heavy atom. The van der Waals surface area contributed by atoms with Gasteiger partial charge in [-0.25, -0.2) is 0 Å². The Morgan fingerprint density at radius 3 is 2.33 bits per heavy atom. The van der Waals surface area contributed by atoms with Crippen LogP contribution in [0.2, 0.25) is 0 Å². The molecule has 1 aromatic rings. The maximum Gasteiger partial charge on any atom is 0.220 e. The number of aromatic hydroxyl groups is 1. The highest BCUT2D eigenvalue weighted by Gasteiger charge is 2.04. The maximum atomic E-state index is 11.4. The summed E-state index contributed by atoms with van der Waals surface area (Å²) in [5.41, 5.74) is 1.04. The van der Waals surface area contributed by atoms with Crippen molar-refractivity contribution in [2.75, 3.05) is 13.6 Å². The SMILES string of the molecule is CNC(=O)CCC(=O)NCCc1ccc(O)cc1. The third kappa shape index (κ3) is 5.34. The molecule has 2 amide bonds. The number of rotatable bonds is 6. The summed E-state index contributed by atoms with van der Waals surface area (Å²) in [7, 11) is 1.55. The van der Waals surface area contributed by atoms with E-state index >= 15 is 0 Å². The van der Waals surface area contributed by atoms with Gasteiger partial charge in [0.15, 0.2) is 0 Å². The van der Waals surface area contributed by atoms with E-state index in [0.717, 1.165) is 5.56 Å². The van der Waals surface area contributed by atoms with E-state index in [0.29, 0.717) is 13.0 Å². The minimum atomic E-state index is -0.135. The van der Waals surface area contributed by atoms with Crippen molar-refractivity contribution in [1.29, 1.82) is 0 Å². The summed E-state index contributed by atoms with van der Waals surface area (Å²) in [6, 6.07) is 6.85. The second-order valence-electron chi connectivity index (χ2n) is 3.94. The molecular weight excluding hydrogens is 232 g/mol. The van der Waals surface area contributed by atoms with Crippen molar-refractivity contribution < 1.29 is 14.7 Å². The fraction of sp³-hybridized carbons (Fsp3) is 0.385. The molecule has 5 heteroatoms. The molecule has 0 atom stereocenters. The molecule has 5 nitrogen and oxygen atoms in total. The van der Waals surface area contributed by atoms with Crippen LogP contribution in [0.25, 0.3) is 0 Å². The molecule has 0 aliphatic heterocycles. The maximum absolute atomic E-state index is 11.4. The number of hydrogen-bond donors (Lipinski definition) is 3. The Bertz CT molecular complexity index is 401. The van der Waals surface area contributed by atoms with Gasteiger partial charge in [0.05, 0.1) is 0 Å². The van der Waals surface area contributed by atoms with Gasteiger partial charge in [0.1, 0.15) is 5.75 Å². The van der Waals surface area contributed by atoms with Gasteiger partial charge in [-0.2, -0.15) is 0 Å². The second-order valence-corrected chi connectivity index (χ2v) is 3.94. The number of hydrogen-bond acceptors (Lipinski definition) is 3. The number of carbonyl (C=O) groups is 2. The van der Waals surface area contributed by atoms with Gasteiger partial charge in [-0.3, -0.25) is 9.59 Å². The van der Waals surface area contributed by atoms with Crippen LogP contribution in [-0.4, -0.2) is 30.5 Å². The fourth-order valence-electron chi connectivity index (χ4n) is 1.45. The van der Waals surface area contributed by atoms with Crippen molar-refractivity contribution in [1.82, 2.24) is 10.6 Å². The number of amides is 2. The monoisotopic (exact) mass is 250 g/mol. The Kier molecular flexibility index (Phi) is 5.70. The van der Waals surface area contributed by atoms with E-state index in [1.54, 1.807) is 19.2 Å². The Labute approximate surface area is 106 Å². The predicted octanol–water partition coefficient (Wildman–Crippen LogP) is 0.577. The van der Waals surface area contributed by atoms with Gasteiger partial charge in [0.25, 0.3) is 0 Å². The molecule has 0 bridgehead atoms. The van der Waals surface area contributed by atoms with E-state index in [2.05, 4.69) is 10.6 Å². The summed E-state index contributed by atoms with van der Waals surface area (Å²) in [5, 5.41) is 14.3. The fourth-order valence-corrected chi connectivity index (χ4v) is 1.45. The number of nitrogens with one attached hydrogen (secondary N) is 2. The summed E-state index contributed by atoms with van der Waals surface area (Å²) >= 11 is 0. The molecule has 0 saturated heterocycles. The van der Waals surface area contributed by atoms with E-state index in [1.807, 2.05) is 12.1 Å². The van der Waals surface area contributed by atoms with E-state index in [9.17, 15) is 9.59 Å². The first-order valence-corrected chi connectivity index (χ1v) is 5.87. The minimum Gasteiger partial charge on any atom is -0.508 e. The largest absolute Gasteiger partial charge is 0.508 e. The second kappa shape index (κ2) is 7.32. The quantitative estimate of drug-likeness (QED) is 0.691. The molecule has 0 unspecified atom stereocenters. The molecule has 0 heterocycles. The van der Waals surface area contributed by atoms with E-state index in [1.165, 1.54) is 0 Å². The average molecular weight is 250 g/mol. The normalized spacial score (nSPS) is 9.83. The van der Waals surface area contributed by atoms with Crippen molar-refractivity contribution in [2.45, 2.75) is 19.3 Å². The Balaban J connectivity index is 2.19. The van der Waals surface area contributed by atoms with Gasteiger partial charge in [0.2, 0.25) is 11.8 Å². The highest BCUT2D eigenvalue weighted by atomic mass is 16.3. The molecule has 0 radical (unpaired) electrons. The smallest absolute Gasteiger partial charge is 0.220 e. The highest BCUT2D eigenvalue weighted by Crippen LogP contribution is 2.09. The lowest BCUT2D eigenvalue weighted by Crippen LogP contribution is -2.27. The zero-order valence-electron chi connectivity index (χ0n) is 10.4. The lowest BCUT2D eigenvalue weighted by molar-refractivity contribution is -0.126. The summed E-state index contributed by atoms with van der Waals surface area (Å²) in [6.45, 7) is 0.525. The predicted molar refractivity (Wildman–Crippen MR) is 68.1 cm³/mol. The lowest BCUT2D eigenvalue weighted by atomic mass is 10.1. The van der Waals surface area contributed by atoms with Gasteiger partial charge in [-0.1, -0.05) is 12.1 Å². The molecular formula is C13H18N2O3.